The maximum Gasteiger partial charge on any atom is 0.309 e. The van der Waals surface area contributed by atoms with Gasteiger partial charge in [-0.3, -0.25) is 9.59 Å². The Labute approximate surface area is 149 Å². The van der Waals surface area contributed by atoms with Crippen LogP contribution in [0.15, 0.2) is 42.2 Å². The van der Waals surface area contributed by atoms with Crippen molar-refractivity contribution >= 4 is 11.8 Å². The van der Waals surface area contributed by atoms with Crippen LogP contribution in [0.4, 0.5) is 0 Å². The van der Waals surface area contributed by atoms with Crippen molar-refractivity contribution in [1.29, 1.82) is 0 Å². The number of fused-ring (bicyclic) bond motifs is 2. The summed E-state index contributed by atoms with van der Waals surface area (Å²) in [6.45, 7) is 4.74. The molecule has 0 radical (unpaired) electrons. The molecule has 4 heteroatoms. The molecule has 3 atom stereocenters. The average Bonchev–Trinajstić information content (AvgIpc) is 2.60. The van der Waals surface area contributed by atoms with E-state index in [1.807, 2.05) is 50.3 Å². The minimum absolute atomic E-state index is 0.0883. The molecular weight excluding hydrogens is 316 g/mol. The number of benzene rings is 1. The highest BCUT2D eigenvalue weighted by atomic mass is 16.5. The standard InChI is InChI=1S/C21H26O4/c1-3-24-18-10-9-16-13-17(14-21(18,2)19(16)22)20(23)25-12-11-15-7-5-4-6-8-15/h4-8,10,16-17H,3,9,11-14H2,1-2H3/t16-,17+,21-/m0/s1. The summed E-state index contributed by atoms with van der Waals surface area (Å²) in [7, 11) is 0. The maximum absolute atomic E-state index is 12.7. The Morgan fingerprint density at radius 3 is 2.76 bits per heavy atom. The molecule has 0 unspecified atom stereocenters. The SMILES string of the molecule is CCOC1=CC[C@H]2C[C@@H](C(=O)OCCc3ccccc3)C[C@]1(C)C2=O. The van der Waals surface area contributed by atoms with Crippen molar-refractivity contribution in [2.75, 3.05) is 13.2 Å². The largest absolute Gasteiger partial charge is 0.498 e. The van der Waals surface area contributed by atoms with E-state index < -0.39 is 5.41 Å². The summed E-state index contributed by atoms with van der Waals surface area (Å²) in [5.74, 6) is 0.449. The average molecular weight is 342 g/mol. The molecule has 4 nitrogen and oxygen atoms in total. The van der Waals surface area contributed by atoms with E-state index in [1.54, 1.807) is 0 Å². The number of esters is 1. The summed E-state index contributed by atoms with van der Waals surface area (Å²) < 4.78 is 11.2. The minimum atomic E-state index is -0.680. The molecule has 1 saturated carbocycles. The summed E-state index contributed by atoms with van der Waals surface area (Å²) in [5.41, 5.74) is 0.472. The summed E-state index contributed by atoms with van der Waals surface area (Å²) >= 11 is 0. The number of carbonyl (C=O) groups excluding carboxylic acids is 2. The molecule has 1 aromatic rings. The lowest BCUT2D eigenvalue weighted by Gasteiger charge is -2.43. The highest BCUT2D eigenvalue weighted by Crippen LogP contribution is 2.49. The van der Waals surface area contributed by atoms with Crippen LogP contribution < -0.4 is 0 Å². The quantitative estimate of drug-likeness (QED) is 0.740. The highest BCUT2D eigenvalue weighted by molar-refractivity contribution is 5.93. The second-order valence-electron chi connectivity index (χ2n) is 7.17. The maximum atomic E-state index is 12.7. The first-order valence-electron chi connectivity index (χ1n) is 9.13. The third-order valence-corrected chi connectivity index (χ3v) is 5.38. The van der Waals surface area contributed by atoms with Crippen molar-refractivity contribution in [2.45, 2.75) is 39.5 Å². The molecule has 0 N–H and O–H groups in total. The Morgan fingerprint density at radius 1 is 1.28 bits per heavy atom. The van der Waals surface area contributed by atoms with Gasteiger partial charge in [-0.2, -0.15) is 0 Å². The van der Waals surface area contributed by atoms with E-state index in [0.29, 0.717) is 38.9 Å². The lowest BCUT2D eigenvalue weighted by atomic mass is 9.61. The van der Waals surface area contributed by atoms with Crippen molar-refractivity contribution < 1.29 is 19.1 Å². The number of hydrogen-bond acceptors (Lipinski definition) is 4. The lowest BCUT2D eigenvalue weighted by Crippen LogP contribution is -2.47. The van der Waals surface area contributed by atoms with Crippen molar-refractivity contribution in [2.24, 2.45) is 17.3 Å². The third-order valence-electron chi connectivity index (χ3n) is 5.38. The predicted molar refractivity (Wildman–Crippen MR) is 94.8 cm³/mol. The normalized spacial score (nSPS) is 28.2. The molecule has 0 aliphatic heterocycles. The van der Waals surface area contributed by atoms with Crippen molar-refractivity contribution in [3.63, 3.8) is 0 Å². The van der Waals surface area contributed by atoms with Crippen LogP contribution >= 0.6 is 0 Å². The number of allylic oxidation sites excluding steroid dienone is 2. The fraction of sp³-hybridized carbons (Fsp3) is 0.524. The first-order valence-corrected chi connectivity index (χ1v) is 9.13. The van der Waals surface area contributed by atoms with Crippen LogP contribution in [0.1, 0.15) is 38.7 Å². The lowest BCUT2D eigenvalue weighted by molar-refractivity contribution is -0.155. The van der Waals surface area contributed by atoms with E-state index in [1.165, 1.54) is 0 Å². The minimum Gasteiger partial charge on any atom is -0.498 e. The fourth-order valence-electron chi connectivity index (χ4n) is 4.06. The first-order chi connectivity index (χ1) is 12.0. The first kappa shape index (κ1) is 17.7. The van der Waals surface area contributed by atoms with E-state index in [9.17, 15) is 9.59 Å². The zero-order valence-electron chi connectivity index (χ0n) is 15.0. The van der Waals surface area contributed by atoms with Crippen molar-refractivity contribution in [3.05, 3.63) is 47.7 Å². The molecule has 2 aliphatic carbocycles. The van der Waals surface area contributed by atoms with Gasteiger partial charge in [0.2, 0.25) is 0 Å². The van der Waals surface area contributed by atoms with Crippen LogP contribution in [-0.4, -0.2) is 25.0 Å². The van der Waals surface area contributed by atoms with Gasteiger partial charge >= 0.3 is 5.97 Å². The Hall–Kier alpha value is -2.10. The molecule has 0 heterocycles. The van der Waals surface area contributed by atoms with Gasteiger partial charge in [-0.25, -0.2) is 0 Å². The zero-order chi connectivity index (χ0) is 17.9. The molecule has 25 heavy (non-hydrogen) atoms. The molecule has 0 saturated heterocycles. The van der Waals surface area contributed by atoms with Gasteiger partial charge in [0, 0.05) is 12.3 Å². The second-order valence-corrected chi connectivity index (χ2v) is 7.17. The summed E-state index contributed by atoms with van der Waals surface area (Å²) in [4.78, 5) is 25.2. The molecule has 3 rings (SSSR count). The zero-order valence-corrected chi connectivity index (χ0v) is 15.0. The van der Waals surface area contributed by atoms with E-state index >= 15 is 0 Å². The fourth-order valence-corrected chi connectivity index (χ4v) is 4.06. The topological polar surface area (TPSA) is 52.6 Å². The van der Waals surface area contributed by atoms with Gasteiger partial charge in [0.25, 0.3) is 0 Å². The van der Waals surface area contributed by atoms with Crippen molar-refractivity contribution in [3.8, 4) is 0 Å². The smallest absolute Gasteiger partial charge is 0.309 e. The highest BCUT2D eigenvalue weighted by Gasteiger charge is 2.52. The van der Waals surface area contributed by atoms with Crippen LogP contribution in [0, 0.1) is 17.3 Å². The van der Waals surface area contributed by atoms with Crippen LogP contribution in [0.5, 0.6) is 0 Å². The molecule has 0 amide bonds. The molecule has 0 aromatic heterocycles. The van der Waals surface area contributed by atoms with Crippen LogP contribution in [0.3, 0.4) is 0 Å². The molecule has 2 bridgehead atoms. The Bertz CT molecular complexity index is 664. The van der Waals surface area contributed by atoms with Gasteiger partial charge in [0.15, 0.2) is 0 Å². The number of carbonyl (C=O) groups is 2. The van der Waals surface area contributed by atoms with Gasteiger partial charge in [-0.15, -0.1) is 0 Å². The second kappa shape index (κ2) is 7.42. The van der Waals surface area contributed by atoms with Crippen molar-refractivity contribution in [1.82, 2.24) is 0 Å². The summed E-state index contributed by atoms with van der Waals surface area (Å²) in [5, 5.41) is 0. The summed E-state index contributed by atoms with van der Waals surface area (Å²) in [6.07, 6.45) is 4.49. The molecule has 2 aliphatic rings. The van der Waals surface area contributed by atoms with Gasteiger partial charge < -0.3 is 9.47 Å². The van der Waals surface area contributed by atoms with Crippen LogP contribution in [0.2, 0.25) is 0 Å². The van der Waals surface area contributed by atoms with E-state index in [2.05, 4.69) is 0 Å². The molecular formula is C21H26O4. The van der Waals surface area contributed by atoms with E-state index in [4.69, 9.17) is 9.47 Å². The number of ether oxygens (including phenoxy) is 2. The monoisotopic (exact) mass is 342 g/mol. The predicted octanol–water partition coefficient (Wildman–Crippen LogP) is 3.70. The number of hydrogen-bond donors (Lipinski definition) is 0. The molecule has 134 valence electrons. The van der Waals surface area contributed by atoms with E-state index in [-0.39, 0.29) is 23.6 Å². The van der Waals surface area contributed by atoms with Gasteiger partial charge in [0.1, 0.15) is 11.5 Å². The van der Waals surface area contributed by atoms with Gasteiger partial charge in [0.05, 0.1) is 24.5 Å². The molecule has 0 spiro atoms. The van der Waals surface area contributed by atoms with E-state index in [0.717, 1.165) is 11.3 Å². The third kappa shape index (κ3) is 3.63. The Kier molecular flexibility index (Phi) is 5.26. The molecule has 1 fully saturated rings. The number of ketones is 1. The summed E-state index contributed by atoms with van der Waals surface area (Å²) in [6, 6.07) is 9.98. The number of Topliss-reactive ketones (excluding diaryl/α,β-unsaturated/α-hetero) is 1. The van der Waals surface area contributed by atoms with Crippen LogP contribution in [0.25, 0.3) is 0 Å². The number of rotatable bonds is 6. The van der Waals surface area contributed by atoms with Gasteiger partial charge in [-0.1, -0.05) is 30.3 Å². The van der Waals surface area contributed by atoms with Gasteiger partial charge in [-0.05, 0) is 44.7 Å². The molecule has 1 aromatic carbocycles. The van der Waals surface area contributed by atoms with Crippen LogP contribution in [-0.2, 0) is 25.5 Å². The Morgan fingerprint density at radius 2 is 2.04 bits per heavy atom. The Balaban J connectivity index is 1.61.